The van der Waals surface area contributed by atoms with Crippen LogP contribution in [-0.4, -0.2) is 43.1 Å². The van der Waals surface area contributed by atoms with E-state index in [1.165, 1.54) is 0 Å². The molecule has 0 aliphatic rings. The van der Waals surface area contributed by atoms with Crippen LogP contribution in [0.1, 0.15) is 0 Å². The number of methoxy groups -OCH3 is 1. The van der Waals surface area contributed by atoms with Gasteiger partial charge in [0.2, 0.25) is 11.9 Å². The standard InChI is InChI=1S/C18H19N9O/c1-28-12-4-2-3-11(9-12)23-18-22-10-14-16(26-18)27(8-6-19)15(24-14)13-5-7-21-17(20)25-13/h2-5,7,9-10H,6,8,19H2,1H3,(H2,20,21,25)(H,22,23,26). The van der Waals surface area contributed by atoms with E-state index in [2.05, 4.69) is 30.2 Å². The van der Waals surface area contributed by atoms with Gasteiger partial charge in [0.25, 0.3) is 0 Å². The highest BCUT2D eigenvalue weighted by atomic mass is 16.5. The molecule has 0 bridgehead atoms. The number of aromatic nitrogens is 6. The van der Waals surface area contributed by atoms with E-state index >= 15 is 0 Å². The molecule has 4 aromatic rings. The second-order valence-electron chi connectivity index (χ2n) is 5.94. The maximum atomic E-state index is 5.80. The summed E-state index contributed by atoms with van der Waals surface area (Å²) in [5.41, 5.74) is 14.2. The van der Waals surface area contributed by atoms with Crippen LogP contribution in [0.3, 0.4) is 0 Å². The summed E-state index contributed by atoms with van der Waals surface area (Å²) in [6.45, 7) is 0.938. The van der Waals surface area contributed by atoms with Crippen LogP contribution in [0.2, 0.25) is 0 Å². The summed E-state index contributed by atoms with van der Waals surface area (Å²) < 4.78 is 7.14. The van der Waals surface area contributed by atoms with E-state index in [-0.39, 0.29) is 5.95 Å². The lowest BCUT2D eigenvalue weighted by Gasteiger charge is -2.08. The van der Waals surface area contributed by atoms with Crippen molar-refractivity contribution >= 4 is 28.7 Å². The molecule has 10 heteroatoms. The number of nitrogens with two attached hydrogens (primary N) is 2. The number of hydrogen-bond acceptors (Lipinski definition) is 9. The van der Waals surface area contributed by atoms with Crippen molar-refractivity contribution in [1.82, 2.24) is 29.5 Å². The summed E-state index contributed by atoms with van der Waals surface area (Å²) in [6.07, 6.45) is 3.25. The second kappa shape index (κ2) is 7.45. The average Bonchev–Trinajstić information content (AvgIpc) is 3.06. The van der Waals surface area contributed by atoms with Crippen LogP contribution in [-0.2, 0) is 6.54 Å². The fraction of sp³-hybridized carbons (Fsp3) is 0.167. The molecule has 5 N–H and O–H groups in total. The van der Waals surface area contributed by atoms with E-state index in [4.69, 9.17) is 16.2 Å². The molecule has 10 nitrogen and oxygen atoms in total. The SMILES string of the molecule is COc1cccc(Nc2ncc3nc(-c4ccnc(N)n4)n(CCN)c3n2)c1. The first-order valence-corrected chi connectivity index (χ1v) is 8.61. The van der Waals surface area contributed by atoms with Crippen molar-refractivity contribution in [2.24, 2.45) is 5.73 Å². The van der Waals surface area contributed by atoms with E-state index in [9.17, 15) is 0 Å². The fourth-order valence-corrected chi connectivity index (χ4v) is 2.84. The van der Waals surface area contributed by atoms with Crippen molar-refractivity contribution in [3.63, 3.8) is 0 Å². The number of imidazole rings is 1. The van der Waals surface area contributed by atoms with Gasteiger partial charge in [0, 0.05) is 31.0 Å². The number of benzene rings is 1. The first-order valence-electron chi connectivity index (χ1n) is 8.61. The Hall–Kier alpha value is -3.79. The van der Waals surface area contributed by atoms with Crippen molar-refractivity contribution in [2.75, 3.05) is 24.7 Å². The minimum absolute atomic E-state index is 0.176. The van der Waals surface area contributed by atoms with Gasteiger partial charge in [0.15, 0.2) is 11.5 Å². The van der Waals surface area contributed by atoms with Gasteiger partial charge in [-0.3, -0.25) is 0 Å². The van der Waals surface area contributed by atoms with Gasteiger partial charge >= 0.3 is 0 Å². The largest absolute Gasteiger partial charge is 0.497 e. The van der Waals surface area contributed by atoms with Crippen molar-refractivity contribution in [3.8, 4) is 17.3 Å². The summed E-state index contributed by atoms with van der Waals surface area (Å²) in [5.74, 6) is 1.97. The highest BCUT2D eigenvalue weighted by Gasteiger charge is 2.16. The molecule has 0 fully saturated rings. The summed E-state index contributed by atoms with van der Waals surface area (Å²) in [6, 6.07) is 9.26. The van der Waals surface area contributed by atoms with Crippen LogP contribution in [0.4, 0.5) is 17.6 Å². The van der Waals surface area contributed by atoms with Gasteiger partial charge < -0.3 is 26.1 Å². The number of ether oxygens (including phenoxy) is 1. The number of nitrogens with zero attached hydrogens (tertiary/aromatic N) is 6. The number of nitrogens with one attached hydrogen (secondary N) is 1. The van der Waals surface area contributed by atoms with Crippen LogP contribution in [0, 0.1) is 0 Å². The van der Waals surface area contributed by atoms with E-state index in [1.807, 2.05) is 28.8 Å². The fourth-order valence-electron chi connectivity index (χ4n) is 2.84. The van der Waals surface area contributed by atoms with Crippen LogP contribution < -0.4 is 21.5 Å². The van der Waals surface area contributed by atoms with E-state index in [1.54, 1.807) is 25.6 Å². The van der Waals surface area contributed by atoms with Crippen molar-refractivity contribution < 1.29 is 4.74 Å². The Labute approximate surface area is 160 Å². The molecule has 0 aliphatic heterocycles. The first-order chi connectivity index (χ1) is 13.7. The number of hydrogen-bond donors (Lipinski definition) is 3. The van der Waals surface area contributed by atoms with Gasteiger partial charge in [-0.1, -0.05) is 6.07 Å². The zero-order chi connectivity index (χ0) is 19.5. The summed E-state index contributed by atoms with van der Waals surface area (Å²) >= 11 is 0. The van der Waals surface area contributed by atoms with Gasteiger partial charge in [-0.2, -0.15) is 4.98 Å². The number of fused-ring (bicyclic) bond motifs is 1. The van der Waals surface area contributed by atoms with E-state index in [0.717, 1.165) is 11.4 Å². The number of nitrogen functional groups attached to an aromatic ring is 1. The lowest BCUT2D eigenvalue weighted by atomic mass is 10.3. The smallest absolute Gasteiger partial charge is 0.229 e. The molecule has 0 atom stereocenters. The first kappa shape index (κ1) is 17.6. The Morgan fingerprint density at radius 3 is 2.82 bits per heavy atom. The highest BCUT2D eigenvalue weighted by molar-refractivity contribution is 5.77. The molecule has 0 aliphatic carbocycles. The Bertz CT molecular complexity index is 1130. The lowest BCUT2D eigenvalue weighted by Crippen LogP contribution is -2.12. The molecule has 3 aromatic heterocycles. The van der Waals surface area contributed by atoms with Gasteiger partial charge in [0.05, 0.1) is 13.3 Å². The van der Waals surface area contributed by atoms with Crippen LogP contribution >= 0.6 is 0 Å². The Balaban J connectivity index is 1.76. The normalized spacial score (nSPS) is 10.9. The van der Waals surface area contributed by atoms with Crippen molar-refractivity contribution in [2.45, 2.75) is 6.54 Å². The van der Waals surface area contributed by atoms with Gasteiger partial charge in [-0.15, -0.1) is 0 Å². The third kappa shape index (κ3) is 3.40. The molecule has 0 spiro atoms. The molecule has 28 heavy (non-hydrogen) atoms. The predicted octanol–water partition coefficient (Wildman–Crippen LogP) is 1.58. The quantitative estimate of drug-likeness (QED) is 0.456. The maximum absolute atomic E-state index is 5.80. The number of anilines is 3. The van der Waals surface area contributed by atoms with Gasteiger partial charge in [-0.25, -0.2) is 19.9 Å². The van der Waals surface area contributed by atoms with E-state index in [0.29, 0.717) is 41.7 Å². The monoisotopic (exact) mass is 377 g/mol. The van der Waals surface area contributed by atoms with Crippen LogP contribution in [0.25, 0.3) is 22.7 Å². The Kier molecular flexibility index (Phi) is 4.68. The minimum Gasteiger partial charge on any atom is -0.497 e. The Morgan fingerprint density at radius 1 is 1.14 bits per heavy atom. The number of rotatable bonds is 6. The predicted molar refractivity (Wildman–Crippen MR) is 106 cm³/mol. The molecule has 1 aromatic carbocycles. The molecule has 0 unspecified atom stereocenters. The zero-order valence-electron chi connectivity index (χ0n) is 15.2. The highest BCUT2D eigenvalue weighted by Crippen LogP contribution is 2.24. The second-order valence-corrected chi connectivity index (χ2v) is 5.94. The minimum atomic E-state index is 0.176. The van der Waals surface area contributed by atoms with Crippen molar-refractivity contribution in [1.29, 1.82) is 0 Å². The van der Waals surface area contributed by atoms with E-state index < -0.39 is 0 Å². The lowest BCUT2D eigenvalue weighted by molar-refractivity contribution is 0.415. The summed E-state index contributed by atoms with van der Waals surface area (Å²) in [4.78, 5) is 21.8. The molecular formula is C18H19N9O. The van der Waals surface area contributed by atoms with Gasteiger partial charge in [0.1, 0.15) is 17.0 Å². The molecule has 0 saturated heterocycles. The molecule has 0 radical (unpaired) electrons. The third-order valence-corrected chi connectivity index (χ3v) is 4.07. The molecule has 0 amide bonds. The third-order valence-electron chi connectivity index (χ3n) is 4.07. The summed E-state index contributed by atoms with van der Waals surface area (Å²) in [7, 11) is 1.62. The maximum Gasteiger partial charge on any atom is 0.229 e. The molecule has 142 valence electrons. The summed E-state index contributed by atoms with van der Waals surface area (Å²) in [5, 5.41) is 3.18. The zero-order valence-corrected chi connectivity index (χ0v) is 15.2. The molecule has 3 heterocycles. The van der Waals surface area contributed by atoms with Gasteiger partial charge in [-0.05, 0) is 18.2 Å². The van der Waals surface area contributed by atoms with Crippen LogP contribution in [0.5, 0.6) is 5.75 Å². The van der Waals surface area contributed by atoms with Crippen molar-refractivity contribution in [3.05, 3.63) is 42.7 Å². The topological polar surface area (TPSA) is 143 Å². The average molecular weight is 377 g/mol. The molecular weight excluding hydrogens is 358 g/mol. The molecule has 4 rings (SSSR count). The Morgan fingerprint density at radius 2 is 2.04 bits per heavy atom. The van der Waals surface area contributed by atoms with Crippen LogP contribution in [0.15, 0.2) is 42.7 Å². The molecule has 0 saturated carbocycles.